The van der Waals surface area contributed by atoms with Crippen molar-refractivity contribution in [2.45, 2.75) is 6.18 Å². The summed E-state index contributed by atoms with van der Waals surface area (Å²) < 4.78 is 43.3. The van der Waals surface area contributed by atoms with Crippen LogP contribution < -0.4 is 10.5 Å². The fourth-order valence-electron chi connectivity index (χ4n) is 2.24. The third-order valence-electron chi connectivity index (χ3n) is 3.50. The summed E-state index contributed by atoms with van der Waals surface area (Å²) in [4.78, 5) is 4.51. The number of benzene rings is 2. The molecule has 0 atom stereocenters. The molecule has 0 aliphatic carbocycles. The molecule has 1 aromatic heterocycles. The maximum Gasteiger partial charge on any atom is 0.416 e. The SMILES string of the molecule is NCCOc1ccc(-c2csc(-c3ccc(C(F)(F)F)cc3)n2)cc1. The van der Waals surface area contributed by atoms with Gasteiger partial charge < -0.3 is 10.5 Å². The second kappa shape index (κ2) is 7.25. The van der Waals surface area contributed by atoms with Gasteiger partial charge in [-0.15, -0.1) is 11.3 Å². The number of nitrogens with zero attached hydrogens (tertiary/aromatic N) is 1. The molecule has 0 amide bonds. The number of hydrogen-bond acceptors (Lipinski definition) is 4. The quantitative estimate of drug-likeness (QED) is 0.705. The van der Waals surface area contributed by atoms with Gasteiger partial charge in [0, 0.05) is 23.1 Å². The Bertz CT molecular complexity index is 827. The van der Waals surface area contributed by atoms with Gasteiger partial charge in [0.25, 0.3) is 0 Å². The van der Waals surface area contributed by atoms with Gasteiger partial charge in [0.15, 0.2) is 0 Å². The second-order valence-corrected chi connectivity index (χ2v) is 6.13. The number of aromatic nitrogens is 1. The molecule has 3 rings (SSSR count). The van der Waals surface area contributed by atoms with Gasteiger partial charge in [0.1, 0.15) is 17.4 Å². The Kier molecular flexibility index (Phi) is 5.06. The molecule has 2 aromatic carbocycles. The van der Waals surface area contributed by atoms with Gasteiger partial charge in [-0.3, -0.25) is 0 Å². The number of alkyl halides is 3. The molecule has 0 saturated carbocycles. The van der Waals surface area contributed by atoms with Crippen LogP contribution in [0.3, 0.4) is 0 Å². The van der Waals surface area contributed by atoms with Crippen LogP contribution in [0.5, 0.6) is 5.75 Å². The smallest absolute Gasteiger partial charge is 0.416 e. The topological polar surface area (TPSA) is 48.1 Å². The van der Waals surface area contributed by atoms with E-state index in [1.165, 1.54) is 23.5 Å². The number of nitrogens with two attached hydrogens (primary N) is 1. The lowest BCUT2D eigenvalue weighted by Crippen LogP contribution is -2.10. The Morgan fingerprint density at radius 1 is 0.960 bits per heavy atom. The minimum absolute atomic E-state index is 0.449. The highest BCUT2D eigenvalue weighted by atomic mass is 32.1. The lowest BCUT2D eigenvalue weighted by atomic mass is 10.1. The maximum absolute atomic E-state index is 12.6. The minimum atomic E-state index is -4.33. The van der Waals surface area contributed by atoms with E-state index in [0.717, 1.165) is 29.1 Å². The number of rotatable bonds is 5. The van der Waals surface area contributed by atoms with Crippen LogP contribution in [0.25, 0.3) is 21.8 Å². The van der Waals surface area contributed by atoms with Crippen molar-refractivity contribution >= 4 is 11.3 Å². The van der Waals surface area contributed by atoms with Crippen LogP contribution in [0.2, 0.25) is 0 Å². The summed E-state index contributed by atoms with van der Waals surface area (Å²) in [6, 6.07) is 12.5. The van der Waals surface area contributed by atoms with Crippen molar-refractivity contribution in [1.82, 2.24) is 4.98 Å². The van der Waals surface area contributed by atoms with Crippen LogP contribution in [-0.4, -0.2) is 18.1 Å². The number of hydrogen-bond donors (Lipinski definition) is 1. The van der Waals surface area contributed by atoms with E-state index in [4.69, 9.17) is 10.5 Å². The van der Waals surface area contributed by atoms with E-state index in [-0.39, 0.29) is 0 Å². The molecule has 0 saturated heterocycles. The van der Waals surface area contributed by atoms with E-state index < -0.39 is 11.7 Å². The zero-order valence-corrected chi connectivity index (χ0v) is 13.9. The van der Waals surface area contributed by atoms with Gasteiger partial charge in [-0.25, -0.2) is 4.98 Å². The Hall–Kier alpha value is -2.38. The molecule has 0 radical (unpaired) electrons. The monoisotopic (exact) mass is 364 g/mol. The van der Waals surface area contributed by atoms with E-state index in [2.05, 4.69) is 4.98 Å². The summed E-state index contributed by atoms with van der Waals surface area (Å²) in [5.74, 6) is 0.729. The van der Waals surface area contributed by atoms with Crippen molar-refractivity contribution < 1.29 is 17.9 Å². The Morgan fingerprint density at radius 2 is 1.60 bits per heavy atom. The second-order valence-electron chi connectivity index (χ2n) is 5.27. The average molecular weight is 364 g/mol. The molecule has 0 bridgehead atoms. The van der Waals surface area contributed by atoms with Gasteiger partial charge in [-0.2, -0.15) is 13.2 Å². The first-order valence-electron chi connectivity index (χ1n) is 7.54. The predicted octanol–water partition coefficient (Wildman–Crippen LogP) is 4.83. The van der Waals surface area contributed by atoms with Crippen molar-refractivity contribution in [2.24, 2.45) is 5.73 Å². The van der Waals surface area contributed by atoms with Crippen LogP contribution >= 0.6 is 11.3 Å². The van der Waals surface area contributed by atoms with E-state index in [9.17, 15) is 13.2 Å². The third kappa shape index (κ3) is 4.18. The van der Waals surface area contributed by atoms with Gasteiger partial charge in [0.2, 0.25) is 0 Å². The fourth-order valence-corrected chi connectivity index (χ4v) is 3.07. The molecule has 0 aliphatic heterocycles. The Labute approximate surface area is 146 Å². The van der Waals surface area contributed by atoms with E-state index in [1.54, 1.807) is 0 Å². The van der Waals surface area contributed by atoms with E-state index in [0.29, 0.717) is 23.7 Å². The molecule has 0 fully saturated rings. The van der Waals surface area contributed by atoms with Crippen LogP contribution in [0.1, 0.15) is 5.56 Å². The molecule has 0 unspecified atom stereocenters. The largest absolute Gasteiger partial charge is 0.492 e. The Morgan fingerprint density at radius 3 is 2.20 bits per heavy atom. The van der Waals surface area contributed by atoms with Crippen molar-refractivity contribution in [3.05, 3.63) is 59.5 Å². The third-order valence-corrected chi connectivity index (χ3v) is 4.39. The standard InChI is InChI=1S/C18H15F3N2OS/c19-18(20,21)14-5-1-13(2-6-14)17-23-16(11-25-17)12-3-7-15(8-4-12)24-10-9-22/h1-8,11H,9-10,22H2. The van der Waals surface area contributed by atoms with Crippen LogP contribution in [0, 0.1) is 0 Å². The van der Waals surface area contributed by atoms with E-state index in [1.807, 2.05) is 29.6 Å². The summed E-state index contributed by atoms with van der Waals surface area (Å²) in [5.41, 5.74) is 7.07. The molecule has 25 heavy (non-hydrogen) atoms. The normalized spacial score (nSPS) is 11.5. The number of thiazole rings is 1. The van der Waals surface area contributed by atoms with E-state index >= 15 is 0 Å². The van der Waals surface area contributed by atoms with Crippen LogP contribution in [-0.2, 0) is 6.18 Å². The molecular weight excluding hydrogens is 349 g/mol. The zero-order chi connectivity index (χ0) is 17.9. The molecule has 2 N–H and O–H groups in total. The summed E-state index contributed by atoms with van der Waals surface area (Å²) >= 11 is 1.39. The number of ether oxygens (including phenoxy) is 1. The van der Waals surface area contributed by atoms with Gasteiger partial charge in [-0.05, 0) is 36.4 Å². The van der Waals surface area contributed by atoms with Crippen molar-refractivity contribution in [1.29, 1.82) is 0 Å². The van der Waals surface area contributed by atoms with Crippen molar-refractivity contribution in [3.63, 3.8) is 0 Å². The highest BCUT2D eigenvalue weighted by molar-refractivity contribution is 7.13. The summed E-state index contributed by atoms with van der Waals surface area (Å²) in [6.45, 7) is 0.901. The summed E-state index contributed by atoms with van der Waals surface area (Å²) in [6.07, 6.45) is -4.33. The lowest BCUT2D eigenvalue weighted by Gasteiger charge is -2.06. The molecule has 7 heteroatoms. The first kappa shape index (κ1) is 17.4. The van der Waals surface area contributed by atoms with Crippen molar-refractivity contribution in [2.75, 3.05) is 13.2 Å². The molecule has 3 aromatic rings. The maximum atomic E-state index is 12.6. The highest BCUT2D eigenvalue weighted by Crippen LogP contribution is 2.33. The average Bonchev–Trinajstić information content (AvgIpc) is 3.10. The first-order chi connectivity index (χ1) is 12.0. The fraction of sp³-hybridized carbons (Fsp3) is 0.167. The van der Waals surface area contributed by atoms with Gasteiger partial charge in [-0.1, -0.05) is 12.1 Å². The zero-order valence-electron chi connectivity index (χ0n) is 13.1. The van der Waals surface area contributed by atoms with Gasteiger partial charge in [0.05, 0.1) is 11.3 Å². The Balaban J connectivity index is 1.78. The summed E-state index contributed by atoms with van der Waals surface area (Å²) in [7, 11) is 0. The molecule has 130 valence electrons. The van der Waals surface area contributed by atoms with Crippen molar-refractivity contribution in [3.8, 4) is 27.6 Å². The summed E-state index contributed by atoms with van der Waals surface area (Å²) in [5, 5.41) is 2.55. The van der Waals surface area contributed by atoms with Gasteiger partial charge >= 0.3 is 6.18 Å². The molecular formula is C18H15F3N2OS. The molecule has 3 nitrogen and oxygen atoms in total. The number of halogens is 3. The predicted molar refractivity (Wildman–Crippen MR) is 92.5 cm³/mol. The molecule has 0 aliphatic rings. The lowest BCUT2D eigenvalue weighted by molar-refractivity contribution is -0.137. The minimum Gasteiger partial charge on any atom is -0.492 e. The highest BCUT2D eigenvalue weighted by Gasteiger charge is 2.30. The molecule has 1 heterocycles. The van der Waals surface area contributed by atoms with Crippen LogP contribution in [0.15, 0.2) is 53.9 Å². The first-order valence-corrected chi connectivity index (χ1v) is 8.42. The van der Waals surface area contributed by atoms with Crippen LogP contribution in [0.4, 0.5) is 13.2 Å². The molecule has 0 spiro atoms.